The van der Waals surface area contributed by atoms with Crippen molar-refractivity contribution < 1.29 is 24.2 Å². The maximum absolute atomic E-state index is 11.4. The quantitative estimate of drug-likeness (QED) is 0.653. The Morgan fingerprint density at radius 3 is 2.62 bits per heavy atom. The number of amides is 1. The molecule has 1 amide bonds. The summed E-state index contributed by atoms with van der Waals surface area (Å²) in [6.45, 7) is 3.07. The Kier molecular flexibility index (Phi) is 4.99. The summed E-state index contributed by atoms with van der Waals surface area (Å²) in [5.74, 6) is 0.0264. The van der Waals surface area contributed by atoms with Crippen LogP contribution in [-0.4, -0.2) is 43.3 Å². The number of benzene rings is 1. The Balaban J connectivity index is 2.04. The van der Waals surface area contributed by atoms with E-state index in [1.54, 1.807) is 18.2 Å². The van der Waals surface area contributed by atoms with Gasteiger partial charge in [-0.15, -0.1) is 0 Å². The van der Waals surface area contributed by atoms with Gasteiger partial charge < -0.3 is 19.9 Å². The van der Waals surface area contributed by atoms with Gasteiger partial charge in [0.05, 0.1) is 0 Å². The number of rotatable bonds is 6. The largest absolute Gasteiger partial charge is 0.486 e. The molecule has 7 nitrogen and oxygen atoms in total. The molecule has 1 aliphatic rings. The average Bonchev–Trinajstić information content (AvgIpc) is 2.46. The molecule has 1 heterocycles. The highest BCUT2D eigenvalue weighted by atomic mass is 16.6. The molecule has 2 rings (SSSR count). The summed E-state index contributed by atoms with van der Waals surface area (Å²) < 4.78 is 10.9. The van der Waals surface area contributed by atoms with E-state index in [4.69, 9.17) is 9.47 Å². The summed E-state index contributed by atoms with van der Waals surface area (Å²) in [7, 11) is 0. The van der Waals surface area contributed by atoms with E-state index in [9.17, 15) is 14.7 Å². The van der Waals surface area contributed by atoms with Crippen LogP contribution in [0.1, 0.15) is 18.5 Å². The van der Waals surface area contributed by atoms with Gasteiger partial charge in [0.2, 0.25) is 5.91 Å². The fourth-order valence-corrected chi connectivity index (χ4v) is 2.04. The molecule has 1 aromatic carbocycles. The number of fused-ring (bicyclic) bond motifs is 1. The van der Waals surface area contributed by atoms with E-state index in [-0.39, 0.29) is 5.91 Å². The molecular formula is C14H18N2O5. The van der Waals surface area contributed by atoms with E-state index in [0.29, 0.717) is 43.4 Å². The topological polar surface area (TPSA) is 96.9 Å². The molecule has 1 aliphatic heterocycles. The van der Waals surface area contributed by atoms with Gasteiger partial charge in [-0.2, -0.15) is 0 Å². The van der Waals surface area contributed by atoms with Gasteiger partial charge in [0.25, 0.3) is 0 Å². The van der Waals surface area contributed by atoms with Crippen LogP contribution >= 0.6 is 0 Å². The van der Waals surface area contributed by atoms with Crippen molar-refractivity contribution in [1.29, 1.82) is 0 Å². The highest BCUT2D eigenvalue weighted by Crippen LogP contribution is 2.32. The summed E-state index contributed by atoms with van der Waals surface area (Å²) in [6, 6.07) is 4.20. The summed E-state index contributed by atoms with van der Waals surface area (Å²) in [5.41, 5.74) is 0.578. The van der Waals surface area contributed by atoms with Gasteiger partial charge in [-0.25, -0.2) is 0 Å². The summed E-state index contributed by atoms with van der Waals surface area (Å²) in [5, 5.41) is 14.8. The third-order valence-electron chi connectivity index (χ3n) is 2.99. The van der Waals surface area contributed by atoms with E-state index < -0.39 is 12.0 Å². The van der Waals surface area contributed by atoms with Crippen LogP contribution in [0, 0.1) is 0 Å². The highest BCUT2D eigenvalue weighted by Gasteiger charge is 2.21. The third-order valence-corrected chi connectivity index (χ3v) is 2.99. The fourth-order valence-electron chi connectivity index (χ4n) is 2.04. The Bertz CT molecular complexity index is 532. The molecule has 7 heteroatoms. The summed E-state index contributed by atoms with van der Waals surface area (Å²) in [4.78, 5) is 22.1. The number of carbonyl (C=O) groups is 2. The number of hydrogen-bond donors (Lipinski definition) is 3. The molecule has 114 valence electrons. The molecule has 3 N–H and O–H groups in total. The van der Waals surface area contributed by atoms with Gasteiger partial charge in [0.15, 0.2) is 11.5 Å². The number of carbonyl (C=O) groups excluding carboxylic acids is 1. The number of carboxylic acids is 1. The first kappa shape index (κ1) is 15.1. The van der Waals surface area contributed by atoms with Gasteiger partial charge in [-0.1, -0.05) is 6.07 Å². The zero-order valence-electron chi connectivity index (χ0n) is 11.7. The SMILES string of the molecule is CC(=O)NCCNC(C(=O)O)c1ccc2c(c1)OCCO2. The minimum absolute atomic E-state index is 0.150. The van der Waals surface area contributed by atoms with Crippen molar-refractivity contribution in [2.75, 3.05) is 26.3 Å². The van der Waals surface area contributed by atoms with E-state index >= 15 is 0 Å². The zero-order valence-corrected chi connectivity index (χ0v) is 11.7. The predicted octanol–water partition coefficient (Wildman–Crippen LogP) is 0.309. The first-order valence-corrected chi connectivity index (χ1v) is 6.68. The smallest absolute Gasteiger partial charge is 0.325 e. The van der Waals surface area contributed by atoms with Gasteiger partial charge in [-0.05, 0) is 17.7 Å². The van der Waals surface area contributed by atoms with E-state index in [2.05, 4.69) is 10.6 Å². The molecule has 0 spiro atoms. The van der Waals surface area contributed by atoms with Gasteiger partial charge in [0, 0.05) is 20.0 Å². The number of aliphatic carboxylic acids is 1. The van der Waals surface area contributed by atoms with Crippen LogP contribution in [0.25, 0.3) is 0 Å². The van der Waals surface area contributed by atoms with Crippen molar-refractivity contribution in [3.05, 3.63) is 23.8 Å². The van der Waals surface area contributed by atoms with E-state index in [1.165, 1.54) is 6.92 Å². The lowest BCUT2D eigenvalue weighted by Gasteiger charge is -2.21. The van der Waals surface area contributed by atoms with E-state index in [0.717, 1.165) is 0 Å². The Hall–Kier alpha value is -2.28. The standard InChI is InChI=1S/C14H18N2O5/c1-9(17)15-4-5-16-13(14(18)19)10-2-3-11-12(8-10)21-7-6-20-11/h2-3,8,13,16H,4-7H2,1H3,(H,15,17)(H,18,19). The molecule has 0 bridgehead atoms. The van der Waals surface area contributed by atoms with Crippen molar-refractivity contribution in [3.63, 3.8) is 0 Å². The van der Waals surface area contributed by atoms with E-state index in [1.807, 2.05) is 0 Å². The molecule has 21 heavy (non-hydrogen) atoms. The first-order chi connectivity index (χ1) is 10.1. The number of carboxylic acid groups (broad SMARTS) is 1. The molecular weight excluding hydrogens is 276 g/mol. The molecule has 0 saturated carbocycles. The second-order valence-electron chi connectivity index (χ2n) is 4.61. The normalized spacial score (nSPS) is 14.3. The van der Waals surface area contributed by atoms with Crippen LogP contribution in [0.2, 0.25) is 0 Å². The van der Waals surface area contributed by atoms with Crippen LogP contribution < -0.4 is 20.1 Å². The van der Waals surface area contributed by atoms with Crippen molar-refractivity contribution in [3.8, 4) is 11.5 Å². The summed E-state index contributed by atoms with van der Waals surface area (Å²) in [6.07, 6.45) is 0. The predicted molar refractivity (Wildman–Crippen MR) is 74.5 cm³/mol. The number of hydrogen-bond acceptors (Lipinski definition) is 5. The summed E-state index contributed by atoms with van der Waals surface area (Å²) >= 11 is 0. The van der Waals surface area contributed by atoms with Crippen molar-refractivity contribution in [2.45, 2.75) is 13.0 Å². The molecule has 1 atom stereocenters. The number of nitrogens with one attached hydrogen (secondary N) is 2. The molecule has 0 aliphatic carbocycles. The molecule has 1 unspecified atom stereocenters. The monoisotopic (exact) mass is 294 g/mol. The van der Waals surface area contributed by atoms with Crippen LogP contribution in [-0.2, 0) is 9.59 Å². The first-order valence-electron chi connectivity index (χ1n) is 6.68. The number of ether oxygens (including phenoxy) is 2. The molecule has 0 radical (unpaired) electrons. The lowest BCUT2D eigenvalue weighted by atomic mass is 10.1. The van der Waals surface area contributed by atoms with Gasteiger partial charge in [-0.3, -0.25) is 14.9 Å². The second kappa shape index (κ2) is 6.94. The van der Waals surface area contributed by atoms with Crippen molar-refractivity contribution >= 4 is 11.9 Å². The van der Waals surface area contributed by atoms with Crippen LogP contribution in [0.4, 0.5) is 0 Å². The molecule has 0 saturated heterocycles. The molecule has 1 aromatic rings. The van der Waals surface area contributed by atoms with Crippen molar-refractivity contribution in [2.24, 2.45) is 0 Å². The van der Waals surface area contributed by atoms with Crippen LogP contribution in [0.3, 0.4) is 0 Å². The Labute approximate surface area is 122 Å². The van der Waals surface area contributed by atoms with Crippen LogP contribution in [0.5, 0.6) is 11.5 Å². The lowest BCUT2D eigenvalue weighted by Crippen LogP contribution is -2.35. The zero-order chi connectivity index (χ0) is 15.2. The van der Waals surface area contributed by atoms with Gasteiger partial charge >= 0.3 is 5.97 Å². The third kappa shape index (κ3) is 4.09. The second-order valence-corrected chi connectivity index (χ2v) is 4.61. The molecule has 0 fully saturated rings. The highest BCUT2D eigenvalue weighted by molar-refractivity contribution is 5.76. The van der Waals surface area contributed by atoms with Gasteiger partial charge in [0.1, 0.15) is 19.3 Å². The Morgan fingerprint density at radius 2 is 1.95 bits per heavy atom. The maximum atomic E-state index is 11.4. The fraction of sp³-hybridized carbons (Fsp3) is 0.429. The Morgan fingerprint density at radius 1 is 1.24 bits per heavy atom. The molecule has 0 aromatic heterocycles. The van der Waals surface area contributed by atoms with Crippen LogP contribution in [0.15, 0.2) is 18.2 Å². The maximum Gasteiger partial charge on any atom is 0.325 e. The minimum atomic E-state index is -0.991. The lowest BCUT2D eigenvalue weighted by molar-refractivity contribution is -0.139. The van der Waals surface area contributed by atoms with Crippen molar-refractivity contribution in [1.82, 2.24) is 10.6 Å². The minimum Gasteiger partial charge on any atom is -0.486 e. The average molecular weight is 294 g/mol.